The number of halogens is 1. The lowest BCUT2D eigenvalue weighted by Gasteiger charge is -2.37. The zero-order chi connectivity index (χ0) is 22.4. The third-order valence-electron chi connectivity index (χ3n) is 5.06. The Hall–Kier alpha value is -3.09. The molecule has 2 amide bonds. The number of rotatable bonds is 5. The van der Waals surface area contributed by atoms with Gasteiger partial charge in [-0.25, -0.2) is 9.18 Å². The topological polar surface area (TPSA) is 61.9 Å². The maximum atomic E-state index is 14.1. The van der Waals surface area contributed by atoms with Gasteiger partial charge in [0.05, 0.1) is 5.69 Å². The number of alkyl carbamates (subject to hydrolysis) is 1. The number of nitrogens with zero attached hydrogens (tertiary/aromatic N) is 2. The minimum atomic E-state index is -0.739. The first-order chi connectivity index (χ1) is 14.7. The van der Waals surface area contributed by atoms with E-state index in [4.69, 9.17) is 4.74 Å². The Morgan fingerprint density at radius 2 is 1.61 bits per heavy atom. The van der Waals surface area contributed by atoms with Crippen molar-refractivity contribution < 1.29 is 18.7 Å². The molecule has 1 heterocycles. The molecule has 0 aliphatic carbocycles. The fourth-order valence-electron chi connectivity index (χ4n) is 3.60. The summed E-state index contributed by atoms with van der Waals surface area (Å²) in [5.41, 5.74) is 0.833. The van der Waals surface area contributed by atoms with Crippen molar-refractivity contribution in [2.24, 2.45) is 0 Å². The maximum absolute atomic E-state index is 14.1. The summed E-state index contributed by atoms with van der Waals surface area (Å²) in [5, 5.41) is 2.75. The molecule has 3 rings (SSSR count). The summed E-state index contributed by atoms with van der Waals surface area (Å²) < 4.78 is 19.5. The van der Waals surface area contributed by atoms with E-state index < -0.39 is 17.7 Å². The molecule has 2 aromatic rings. The van der Waals surface area contributed by atoms with E-state index in [-0.39, 0.29) is 11.7 Å². The molecule has 31 heavy (non-hydrogen) atoms. The van der Waals surface area contributed by atoms with Crippen molar-refractivity contribution in [1.82, 2.24) is 10.2 Å². The molecule has 7 heteroatoms. The summed E-state index contributed by atoms with van der Waals surface area (Å²) in [7, 11) is 0. The van der Waals surface area contributed by atoms with Crippen molar-refractivity contribution in [2.75, 3.05) is 31.1 Å². The van der Waals surface area contributed by atoms with Gasteiger partial charge in [-0.1, -0.05) is 42.5 Å². The smallest absolute Gasteiger partial charge is 0.408 e. The molecule has 0 spiro atoms. The number of hydrogen-bond acceptors (Lipinski definition) is 4. The van der Waals surface area contributed by atoms with E-state index in [9.17, 15) is 14.0 Å². The summed E-state index contributed by atoms with van der Waals surface area (Å²) in [5.74, 6) is -0.432. The second-order valence-electron chi connectivity index (χ2n) is 8.65. The fourth-order valence-corrected chi connectivity index (χ4v) is 3.60. The summed E-state index contributed by atoms with van der Waals surface area (Å²) in [6, 6.07) is 15.5. The molecule has 0 bridgehead atoms. The summed E-state index contributed by atoms with van der Waals surface area (Å²) in [4.78, 5) is 29.3. The molecule has 0 unspecified atom stereocenters. The number of benzene rings is 2. The Kier molecular flexibility index (Phi) is 7.15. The highest BCUT2D eigenvalue weighted by Crippen LogP contribution is 2.20. The number of anilines is 1. The van der Waals surface area contributed by atoms with E-state index in [0.29, 0.717) is 38.3 Å². The number of carbonyl (C=O) groups excluding carboxylic acids is 2. The average molecular weight is 428 g/mol. The van der Waals surface area contributed by atoms with E-state index in [1.54, 1.807) is 43.9 Å². The minimum Gasteiger partial charge on any atom is -0.444 e. The maximum Gasteiger partial charge on any atom is 0.408 e. The Morgan fingerprint density at radius 3 is 2.23 bits per heavy atom. The van der Waals surface area contributed by atoms with Crippen LogP contribution in [0.5, 0.6) is 0 Å². The second-order valence-corrected chi connectivity index (χ2v) is 8.65. The molecule has 6 nitrogen and oxygen atoms in total. The lowest BCUT2D eigenvalue weighted by Crippen LogP contribution is -2.56. The van der Waals surface area contributed by atoms with Crippen LogP contribution in [-0.4, -0.2) is 54.7 Å². The van der Waals surface area contributed by atoms with Crippen molar-refractivity contribution in [1.29, 1.82) is 0 Å². The summed E-state index contributed by atoms with van der Waals surface area (Å²) in [6.07, 6.45) is -0.251. The number of carbonyl (C=O) groups is 2. The van der Waals surface area contributed by atoms with Crippen LogP contribution in [0.4, 0.5) is 14.9 Å². The molecule has 1 fully saturated rings. The van der Waals surface area contributed by atoms with E-state index >= 15 is 0 Å². The van der Waals surface area contributed by atoms with Crippen LogP contribution >= 0.6 is 0 Å². The van der Waals surface area contributed by atoms with Gasteiger partial charge in [-0.15, -0.1) is 0 Å². The van der Waals surface area contributed by atoms with Crippen molar-refractivity contribution in [3.63, 3.8) is 0 Å². The SMILES string of the molecule is CC(C)(C)OC(=O)N[C@H](Cc1ccccc1)C(=O)N1CCN(c2ccccc2F)CC1. The molecule has 1 aliphatic rings. The lowest BCUT2D eigenvalue weighted by molar-refractivity contribution is -0.133. The Bertz CT molecular complexity index is 890. The van der Waals surface area contributed by atoms with Gasteiger partial charge in [0.1, 0.15) is 17.5 Å². The van der Waals surface area contributed by atoms with Gasteiger partial charge >= 0.3 is 6.09 Å². The Balaban J connectivity index is 1.67. The molecule has 1 N–H and O–H groups in total. The van der Waals surface area contributed by atoms with Crippen molar-refractivity contribution in [2.45, 2.75) is 38.8 Å². The van der Waals surface area contributed by atoms with Crippen LogP contribution in [0.25, 0.3) is 0 Å². The van der Waals surface area contributed by atoms with Crippen molar-refractivity contribution in [3.05, 3.63) is 66.0 Å². The summed E-state index contributed by atoms with van der Waals surface area (Å²) >= 11 is 0. The summed E-state index contributed by atoms with van der Waals surface area (Å²) in [6.45, 7) is 7.30. The minimum absolute atomic E-state index is 0.164. The number of ether oxygens (including phenoxy) is 1. The normalized spacial score (nSPS) is 15.4. The highest BCUT2D eigenvalue weighted by Gasteiger charge is 2.30. The van der Waals surface area contributed by atoms with E-state index in [1.807, 2.05) is 35.2 Å². The predicted octanol–water partition coefficient (Wildman–Crippen LogP) is 3.61. The number of amides is 2. The van der Waals surface area contributed by atoms with Crippen LogP contribution in [-0.2, 0) is 16.0 Å². The monoisotopic (exact) mass is 427 g/mol. The molecule has 1 saturated heterocycles. The molecule has 1 aliphatic heterocycles. The van der Waals surface area contributed by atoms with Gasteiger partial charge < -0.3 is 19.9 Å². The number of piperazine rings is 1. The molecule has 0 radical (unpaired) electrons. The van der Waals surface area contributed by atoms with E-state index in [2.05, 4.69) is 5.32 Å². The first-order valence-corrected chi connectivity index (χ1v) is 10.5. The number of hydrogen-bond donors (Lipinski definition) is 1. The first kappa shape index (κ1) is 22.6. The van der Waals surface area contributed by atoms with Crippen molar-refractivity contribution in [3.8, 4) is 0 Å². The molecule has 1 atom stereocenters. The van der Waals surface area contributed by atoms with Crippen LogP contribution in [0.2, 0.25) is 0 Å². The van der Waals surface area contributed by atoms with Gasteiger partial charge in [-0.2, -0.15) is 0 Å². The fraction of sp³-hybridized carbons (Fsp3) is 0.417. The van der Waals surface area contributed by atoms with Crippen LogP contribution in [0.3, 0.4) is 0 Å². The van der Waals surface area contributed by atoms with Crippen LogP contribution in [0.1, 0.15) is 26.3 Å². The van der Waals surface area contributed by atoms with Crippen LogP contribution < -0.4 is 10.2 Å². The molecule has 2 aromatic carbocycles. The quantitative estimate of drug-likeness (QED) is 0.792. The van der Waals surface area contributed by atoms with Gasteiger partial charge in [-0.05, 0) is 38.5 Å². The molecular weight excluding hydrogens is 397 g/mol. The third kappa shape index (κ3) is 6.44. The largest absolute Gasteiger partial charge is 0.444 e. The Morgan fingerprint density at radius 1 is 1.00 bits per heavy atom. The zero-order valence-corrected chi connectivity index (χ0v) is 18.3. The third-order valence-corrected chi connectivity index (χ3v) is 5.06. The van der Waals surface area contributed by atoms with Gasteiger partial charge in [0.15, 0.2) is 0 Å². The number of para-hydroxylation sites is 1. The zero-order valence-electron chi connectivity index (χ0n) is 18.3. The lowest BCUT2D eigenvalue weighted by atomic mass is 10.0. The standard InChI is InChI=1S/C24H30FN3O3/c1-24(2,3)31-23(30)26-20(17-18-9-5-4-6-10-18)22(29)28-15-13-27(14-16-28)21-12-8-7-11-19(21)25/h4-12,20H,13-17H2,1-3H3,(H,26,30)/t20-/m1/s1. The molecule has 166 valence electrons. The van der Waals surface area contributed by atoms with Gasteiger partial charge in [0, 0.05) is 32.6 Å². The Labute approximate surface area is 183 Å². The first-order valence-electron chi connectivity index (χ1n) is 10.5. The van der Waals surface area contributed by atoms with Crippen molar-refractivity contribution >= 4 is 17.7 Å². The number of nitrogens with one attached hydrogen (secondary N) is 1. The second kappa shape index (κ2) is 9.81. The van der Waals surface area contributed by atoms with Crippen LogP contribution in [0, 0.1) is 5.82 Å². The average Bonchev–Trinajstić information content (AvgIpc) is 2.73. The molecule has 0 aromatic heterocycles. The van der Waals surface area contributed by atoms with Crippen LogP contribution in [0.15, 0.2) is 54.6 Å². The highest BCUT2D eigenvalue weighted by atomic mass is 19.1. The van der Waals surface area contributed by atoms with Gasteiger partial charge in [0.25, 0.3) is 0 Å². The highest BCUT2D eigenvalue weighted by molar-refractivity contribution is 5.86. The predicted molar refractivity (Wildman–Crippen MR) is 118 cm³/mol. The van der Waals surface area contributed by atoms with E-state index in [0.717, 1.165) is 5.56 Å². The van der Waals surface area contributed by atoms with Gasteiger partial charge in [0.2, 0.25) is 5.91 Å². The molecule has 0 saturated carbocycles. The van der Waals surface area contributed by atoms with Gasteiger partial charge in [-0.3, -0.25) is 4.79 Å². The molecular formula is C24H30FN3O3. The van der Waals surface area contributed by atoms with E-state index in [1.165, 1.54) is 6.07 Å².